The van der Waals surface area contributed by atoms with Crippen molar-refractivity contribution in [3.05, 3.63) is 77.1 Å². The quantitative estimate of drug-likeness (QED) is 0.705. The lowest BCUT2D eigenvalue weighted by molar-refractivity contribution is 0.102. The maximum absolute atomic E-state index is 12.4. The SMILES string of the molecule is CCc1ccccc1Nc1ncc(C(=O)Nc2cc(C)ccc2C)cn1. The van der Waals surface area contributed by atoms with Crippen molar-refractivity contribution in [2.24, 2.45) is 0 Å². The number of nitrogens with one attached hydrogen (secondary N) is 2. The summed E-state index contributed by atoms with van der Waals surface area (Å²) in [5.41, 5.74) is 5.49. The van der Waals surface area contributed by atoms with E-state index in [1.54, 1.807) is 0 Å². The third kappa shape index (κ3) is 4.06. The summed E-state index contributed by atoms with van der Waals surface area (Å²) in [5.74, 6) is 0.244. The molecule has 0 aliphatic rings. The number of anilines is 3. The van der Waals surface area contributed by atoms with Crippen molar-refractivity contribution in [3.8, 4) is 0 Å². The molecule has 2 N–H and O–H groups in total. The van der Waals surface area contributed by atoms with Crippen molar-refractivity contribution < 1.29 is 4.79 Å². The van der Waals surface area contributed by atoms with Crippen molar-refractivity contribution in [1.82, 2.24) is 9.97 Å². The largest absolute Gasteiger partial charge is 0.324 e. The summed E-state index contributed by atoms with van der Waals surface area (Å²) < 4.78 is 0. The van der Waals surface area contributed by atoms with Gasteiger partial charge in [-0.3, -0.25) is 4.79 Å². The monoisotopic (exact) mass is 346 g/mol. The van der Waals surface area contributed by atoms with Gasteiger partial charge in [0.25, 0.3) is 5.91 Å². The second-order valence-corrected chi connectivity index (χ2v) is 6.20. The first kappa shape index (κ1) is 17.6. The Kier molecular flexibility index (Phi) is 5.27. The smallest absolute Gasteiger partial charge is 0.258 e. The maximum atomic E-state index is 12.4. The van der Waals surface area contributed by atoms with E-state index < -0.39 is 0 Å². The van der Waals surface area contributed by atoms with Gasteiger partial charge in [-0.15, -0.1) is 0 Å². The highest BCUT2D eigenvalue weighted by Crippen LogP contribution is 2.20. The van der Waals surface area contributed by atoms with Crippen molar-refractivity contribution in [2.75, 3.05) is 10.6 Å². The van der Waals surface area contributed by atoms with Crippen LogP contribution < -0.4 is 10.6 Å². The molecule has 0 aliphatic carbocycles. The van der Waals surface area contributed by atoms with Crippen molar-refractivity contribution in [3.63, 3.8) is 0 Å². The maximum Gasteiger partial charge on any atom is 0.258 e. The molecular weight excluding hydrogens is 324 g/mol. The summed E-state index contributed by atoms with van der Waals surface area (Å²) in [6, 6.07) is 14.0. The average Bonchev–Trinajstić information content (AvgIpc) is 2.65. The third-order valence-corrected chi connectivity index (χ3v) is 4.20. The molecule has 1 aromatic heterocycles. The molecule has 1 heterocycles. The predicted octanol–water partition coefficient (Wildman–Crippen LogP) is 4.65. The molecule has 5 nitrogen and oxygen atoms in total. The highest BCUT2D eigenvalue weighted by Gasteiger charge is 2.10. The average molecular weight is 346 g/mol. The van der Waals surface area contributed by atoms with E-state index in [0.717, 1.165) is 28.9 Å². The van der Waals surface area contributed by atoms with Crippen LogP contribution in [0.5, 0.6) is 0 Å². The molecule has 2 aromatic carbocycles. The standard InChI is InChI=1S/C21H22N4O/c1-4-16-7-5-6-8-18(16)25-21-22-12-17(13-23-21)20(26)24-19-11-14(2)9-10-15(19)3/h5-13H,4H2,1-3H3,(H,24,26)(H,22,23,25). The first-order valence-corrected chi connectivity index (χ1v) is 8.62. The number of aromatic nitrogens is 2. The Balaban J connectivity index is 1.73. The molecule has 0 saturated carbocycles. The lowest BCUT2D eigenvalue weighted by Crippen LogP contribution is -2.14. The Morgan fingerprint density at radius 2 is 1.73 bits per heavy atom. The van der Waals surface area contributed by atoms with Crippen LogP contribution in [-0.4, -0.2) is 15.9 Å². The van der Waals surface area contributed by atoms with Crippen LogP contribution in [0.4, 0.5) is 17.3 Å². The summed E-state index contributed by atoms with van der Waals surface area (Å²) in [5, 5.41) is 6.12. The topological polar surface area (TPSA) is 66.9 Å². The summed E-state index contributed by atoms with van der Waals surface area (Å²) in [7, 11) is 0. The van der Waals surface area contributed by atoms with E-state index in [4.69, 9.17) is 0 Å². The van der Waals surface area contributed by atoms with E-state index in [-0.39, 0.29) is 5.91 Å². The fraction of sp³-hybridized carbons (Fsp3) is 0.190. The number of rotatable bonds is 5. The van der Waals surface area contributed by atoms with E-state index in [1.807, 2.05) is 50.2 Å². The summed E-state index contributed by atoms with van der Waals surface area (Å²) in [6.07, 6.45) is 3.98. The number of benzene rings is 2. The molecule has 26 heavy (non-hydrogen) atoms. The van der Waals surface area contributed by atoms with Gasteiger partial charge in [0.1, 0.15) is 0 Å². The van der Waals surface area contributed by atoms with Gasteiger partial charge in [-0.05, 0) is 49.1 Å². The minimum Gasteiger partial charge on any atom is -0.324 e. The van der Waals surface area contributed by atoms with Crippen LogP contribution in [0.1, 0.15) is 34.0 Å². The zero-order valence-electron chi connectivity index (χ0n) is 15.2. The van der Waals surface area contributed by atoms with Crippen LogP contribution in [0.15, 0.2) is 54.9 Å². The first-order valence-electron chi connectivity index (χ1n) is 8.62. The Morgan fingerprint density at radius 1 is 1.00 bits per heavy atom. The number of nitrogens with zero attached hydrogens (tertiary/aromatic N) is 2. The van der Waals surface area contributed by atoms with Crippen LogP contribution in [0.3, 0.4) is 0 Å². The van der Waals surface area contributed by atoms with Crippen LogP contribution in [-0.2, 0) is 6.42 Å². The summed E-state index contributed by atoms with van der Waals surface area (Å²) >= 11 is 0. The number of hydrogen-bond acceptors (Lipinski definition) is 4. The molecule has 0 radical (unpaired) electrons. The molecule has 3 aromatic rings. The summed E-state index contributed by atoms with van der Waals surface area (Å²) in [6.45, 7) is 6.05. The van der Waals surface area contributed by atoms with E-state index in [0.29, 0.717) is 11.5 Å². The van der Waals surface area contributed by atoms with Crippen LogP contribution in [0.2, 0.25) is 0 Å². The molecule has 0 saturated heterocycles. The number of aryl methyl sites for hydroxylation is 3. The minimum absolute atomic E-state index is 0.223. The van der Waals surface area contributed by atoms with Crippen LogP contribution in [0, 0.1) is 13.8 Å². The molecule has 0 fully saturated rings. The van der Waals surface area contributed by atoms with Gasteiger partial charge >= 0.3 is 0 Å². The highest BCUT2D eigenvalue weighted by molar-refractivity contribution is 6.04. The fourth-order valence-electron chi connectivity index (χ4n) is 2.65. The van der Waals surface area contributed by atoms with Gasteiger partial charge in [0.05, 0.1) is 5.56 Å². The highest BCUT2D eigenvalue weighted by atomic mass is 16.1. The molecule has 132 valence electrons. The third-order valence-electron chi connectivity index (χ3n) is 4.20. The second-order valence-electron chi connectivity index (χ2n) is 6.20. The van der Waals surface area contributed by atoms with E-state index in [2.05, 4.69) is 33.6 Å². The number of carbonyl (C=O) groups is 1. The van der Waals surface area contributed by atoms with Crippen LogP contribution >= 0.6 is 0 Å². The lowest BCUT2D eigenvalue weighted by Gasteiger charge is -2.11. The van der Waals surface area contributed by atoms with Crippen molar-refractivity contribution in [2.45, 2.75) is 27.2 Å². The summed E-state index contributed by atoms with van der Waals surface area (Å²) in [4.78, 5) is 21.0. The minimum atomic E-state index is -0.223. The molecule has 0 atom stereocenters. The van der Waals surface area contributed by atoms with E-state index in [1.165, 1.54) is 18.0 Å². The zero-order valence-corrected chi connectivity index (χ0v) is 15.2. The van der Waals surface area contributed by atoms with E-state index in [9.17, 15) is 4.79 Å². The molecule has 1 amide bonds. The zero-order chi connectivity index (χ0) is 18.5. The van der Waals surface area contributed by atoms with Crippen molar-refractivity contribution >= 4 is 23.2 Å². The molecule has 0 bridgehead atoms. The van der Waals surface area contributed by atoms with E-state index >= 15 is 0 Å². The number of hydrogen-bond donors (Lipinski definition) is 2. The van der Waals surface area contributed by atoms with Gasteiger partial charge < -0.3 is 10.6 Å². The lowest BCUT2D eigenvalue weighted by atomic mass is 10.1. The van der Waals surface area contributed by atoms with Crippen LogP contribution in [0.25, 0.3) is 0 Å². The Morgan fingerprint density at radius 3 is 2.46 bits per heavy atom. The van der Waals surface area contributed by atoms with Gasteiger partial charge in [-0.2, -0.15) is 0 Å². The first-order chi connectivity index (χ1) is 12.6. The molecular formula is C21H22N4O. The molecule has 0 spiro atoms. The van der Waals surface area contributed by atoms with Gasteiger partial charge in [0.2, 0.25) is 5.95 Å². The predicted molar refractivity (Wildman–Crippen MR) is 105 cm³/mol. The number of para-hydroxylation sites is 1. The fourth-order valence-corrected chi connectivity index (χ4v) is 2.65. The second kappa shape index (κ2) is 7.78. The normalized spacial score (nSPS) is 10.4. The number of amides is 1. The number of carbonyl (C=O) groups excluding carboxylic acids is 1. The van der Waals surface area contributed by atoms with Gasteiger partial charge in [0.15, 0.2) is 0 Å². The Labute approximate surface area is 153 Å². The molecule has 3 rings (SSSR count). The van der Waals surface area contributed by atoms with Gasteiger partial charge in [-0.25, -0.2) is 9.97 Å². The van der Waals surface area contributed by atoms with Crippen molar-refractivity contribution in [1.29, 1.82) is 0 Å². The Bertz CT molecular complexity index is 920. The Hall–Kier alpha value is -3.21. The van der Waals surface area contributed by atoms with Gasteiger partial charge in [0, 0.05) is 23.8 Å². The molecule has 0 unspecified atom stereocenters. The molecule has 0 aliphatic heterocycles. The molecule has 5 heteroatoms. The van der Waals surface area contributed by atoms with Gasteiger partial charge in [-0.1, -0.05) is 37.3 Å².